The molecule has 1 aliphatic rings. The highest BCUT2D eigenvalue weighted by molar-refractivity contribution is 8.14. The van der Waals surface area contributed by atoms with Crippen LogP contribution in [0.3, 0.4) is 0 Å². The van der Waals surface area contributed by atoms with Crippen molar-refractivity contribution in [2.45, 2.75) is 12.2 Å². The third-order valence-corrected chi connectivity index (χ3v) is 3.48. The molecular formula is C12H14FN3OS. The van der Waals surface area contributed by atoms with Gasteiger partial charge in [-0.25, -0.2) is 4.39 Å². The first-order valence-electron chi connectivity index (χ1n) is 5.66. The number of nitrogens with one attached hydrogen (secondary N) is 2. The highest BCUT2D eigenvalue weighted by Gasteiger charge is 2.18. The van der Waals surface area contributed by atoms with E-state index < -0.39 is 0 Å². The predicted molar refractivity (Wildman–Crippen MR) is 72.4 cm³/mol. The number of anilines is 1. The summed E-state index contributed by atoms with van der Waals surface area (Å²) in [6.07, 6.45) is 0. The summed E-state index contributed by atoms with van der Waals surface area (Å²) in [4.78, 5) is 16.1. The van der Waals surface area contributed by atoms with E-state index in [1.807, 2.05) is 6.92 Å². The minimum Gasteiger partial charge on any atom is -0.363 e. The maximum atomic E-state index is 12.7. The first-order valence-corrected chi connectivity index (χ1v) is 6.54. The molecule has 4 nitrogen and oxygen atoms in total. The Balaban J connectivity index is 1.88. The monoisotopic (exact) mass is 267 g/mol. The zero-order valence-corrected chi connectivity index (χ0v) is 10.8. The molecule has 1 aromatic carbocycles. The van der Waals surface area contributed by atoms with Crippen LogP contribution in [-0.2, 0) is 4.79 Å². The number of nitrogens with zero attached hydrogens (tertiary/aromatic N) is 1. The van der Waals surface area contributed by atoms with Crippen LogP contribution in [0.15, 0.2) is 29.3 Å². The lowest BCUT2D eigenvalue weighted by atomic mass is 10.3. The Morgan fingerprint density at radius 1 is 1.50 bits per heavy atom. The molecule has 1 aliphatic heterocycles. The second-order valence-electron chi connectivity index (χ2n) is 3.87. The number of rotatable bonds is 3. The van der Waals surface area contributed by atoms with Gasteiger partial charge < -0.3 is 10.6 Å². The van der Waals surface area contributed by atoms with Gasteiger partial charge in [0.2, 0.25) is 5.91 Å². The molecule has 0 saturated carbocycles. The molecule has 0 bridgehead atoms. The van der Waals surface area contributed by atoms with Gasteiger partial charge in [0.25, 0.3) is 0 Å². The number of amides is 1. The molecule has 2 rings (SSSR count). The van der Waals surface area contributed by atoms with E-state index in [-0.39, 0.29) is 17.0 Å². The van der Waals surface area contributed by atoms with Gasteiger partial charge in [-0.15, -0.1) is 0 Å². The van der Waals surface area contributed by atoms with Gasteiger partial charge in [-0.05, 0) is 31.2 Å². The Labute approximate surface area is 109 Å². The maximum absolute atomic E-state index is 12.7. The Morgan fingerprint density at radius 3 is 2.83 bits per heavy atom. The van der Waals surface area contributed by atoms with Crippen LogP contribution in [0.1, 0.15) is 6.92 Å². The zero-order valence-electron chi connectivity index (χ0n) is 9.94. The van der Waals surface area contributed by atoms with Crippen LogP contribution in [-0.4, -0.2) is 29.4 Å². The lowest BCUT2D eigenvalue weighted by molar-refractivity contribution is -0.115. The van der Waals surface area contributed by atoms with Gasteiger partial charge in [0.1, 0.15) is 5.82 Å². The molecule has 0 unspecified atom stereocenters. The molecule has 1 heterocycles. The number of hydrogen-bond donors (Lipinski definition) is 2. The first-order chi connectivity index (χ1) is 8.65. The summed E-state index contributed by atoms with van der Waals surface area (Å²) in [5.41, 5.74) is 0.593. The number of halogens is 1. The minimum atomic E-state index is -0.320. The largest absolute Gasteiger partial charge is 0.363 e. The van der Waals surface area contributed by atoms with Crippen LogP contribution >= 0.6 is 11.8 Å². The molecule has 1 atom stereocenters. The van der Waals surface area contributed by atoms with E-state index in [1.165, 1.54) is 36.0 Å². The molecule has 6 heteroatoms. The Bertz CT molecular complexity index is 461. The summed E-state index contributed by atoms with van der Waals surface area (Å²) in [5, 5.41) is 6.38. The Kier molecular flexibility index (Phi) is 4.19. The zero-order chi connectivity index (χ0) is 13.0. The molecule has 1 amide bonds. The first kappa shape index (κ1) is 12.9. The summed E-state index contributed by atoms with van der Waals surface area (Å²) in [7, 11) is 0. The van der Waals surface area contributed by atoms with Crippen molar-refractivity contribution in [3.63, 3.8) is 0 Å². The number of amidine groups is 1. The maximum Gasteiger partial charge on any atom is 0.237 e. The van der Waals surface area contributed by atoms with Gasteiger partial charge in [0, 0.05) is 12.2 Å². The average Bonchev–Trinajstić information content (AvgIpc) is 2.85. The third kappa shape index (κ3) is 3.46. The number of carbonyl (C=O) groups excluding carboxylic acids is 1. The van der Waals surface area contributed by atoms with Gasteiger partial charge in [-0.2, -0.15) is 0 Å². The molecule has 18 heavy (non-hydrogen) atoms. The summed E-state index contributed by atoms with van der Waals surface area (Å²) >= 11 is 1.39. The Morgan fingerprint density at radius 2 is 2.22 bits per heavy atom. The molecule has 0 radical (unpaired) electrons. The van der Waals surface area contributed by atoms with Crippen molar-refractivity contribution in [1.29, 1.82) is 0 Å². The van der Waals surface area contributed by atoms with Gasteiger partial charge in [0.15, 0.2) is 5.17 Å². The van der Waals surface area contributed by atoms with E-state index in [0.717, 1.165) is 18.3 Å². The predicted octanol–water partition coefficient (Wildman–Crippen LogP) is 1.85. The standard InChI is InChI=1S/C12H14FN3OS/c1-8(18-12-14-6-7-15-12)11(17)16-10-4-2-9(13)3-5-10/h2-5,8H,6-7H2,1H3,(H,14,15)(H,16,17)/t8-/m1/s1. The molecule has 96 valence electrons. The molecule has 0 aromatic heterocycles. The van der Waals surface area contributed by atoms with Crippen molar-refractivity contribution >= 4 is 28.5 Å². The van der Waals surface area contributed by atoms with Crippen LogP contribution in [0.4, 0.5) is 10.1 Å². The topological polar surface area (TPSA) is 53.5 Å². The van der Waals surface area contributed by atoms with E-state index >= 15 is 0 Å². The number of hydrogen-bond acceptors (Lipinski definition) is 4. The minimum absolute atomic E-state index is 0.122. The normalized spacial score (nSPS) is 15.8. The summed E-state index contributed by atoms with van der Waals surface area (Å²) in [6.45, 7) is 3.40. The van der Waals surface area contributed by atoms with Crippen LogP contribution in [0.25, 0.3) is 0 Å². The van der Waals surface area contributed by atoms with E-state index in [4.69, 9.17) is 0 Å². The lowest BCUT2D eigenvalue weighted by Gasteiger charge is -2.11. The smallest absolute Gasteiger partial charge is 0.237 e. The van der Waals surface area contributed by atoms with Crippen LogP contribution in [0.5, 0.6) is 0 Å². The summed E-state index contributed by atoms with van der Waals surface area (Å²) < 4.78 is 12.7. The molecule has 0 spiro atoms. The fraction of sp³-hybridized carbons (Fsp3) is 0.333. The van der Waals surface area contributed by atoms with Crippen LogP contribution in [0.2, 0.25) is 0 Å². The number of thioether (sulfide) groups is 1. The van der Waals surface area contributed by atoms with Gasteiger partial charge >= 0.3 is 0 Å². The third-order valence-electron chi connectivity index (χ3n) is 2.41. The summed E-state index contributed by atoms with van der Waals surface area (Å²) in [6, 6.07) is 5.71. The highest BCUT2D eigenvalue weighted by Crippen LogP contribution is 2.16. The lowest BCUT2D eigenvalue weighted by Crippen LogP contribution is -2.26. The van der Waals surface area contributed by atoms with Crippen molar-refractivity contribution in [3.05, 3.63) is 30.1 Å². The van der Waals surface area contributed by atoms with Crippen molar-refractivity contribution in [2.24, 2.45) is 4.99 Å². The van der Waals surface area contributed by atoms with Gasteiger partial charge in [-0.1, -0.05) is 11.8 Å². The van der Waals surface area contributed by atoms with Crippen LogP contribution in [0, 0.1) is 5.82 Å². The quantitative estimate of drug-likeness (QED) is 0.878. The van der Waals surface area contributed by atoms with Crippen molar-refractivity contribution in [1.82, 2.24) is 5.32 Å². The molecule has 2 N–H and O–H groups in total. The Hall–Kier alpha value is -1.56. The van der Waals surface area contributed by atoms with Gasteiger partial charge in [0.05, 0.1) is 11.8 Å². The van der Waals surface area contributed by atoms with E-state index in [1.54, 1.807) is 0 Å². The second-order valence-corrected chi connectivity index (χ2v) is 5.20. The fourth-order valence-electron chi connectivity index (χ4n) is 1.45. The van der Waals surface area contributed by atoms with E-state index in [2.05, 4.69) is 15.6 Å². The second kappa shape index (κ2) is 5.86. The summed E-state index contributed by atoms with van der Waals surface area (Å²) in [5.74, 6) is -0.442. The number of carbonyl (C=O) groups is 1. The van der Waals surface area contributed by atoms with Crippen molar-refractivity contribution in [2.75, 3.05) is 18.4 Å². The van der Waals surface area contributed by atoms with Crippen molar-refractivity contribution < 1.29 is 9.18 Å². The number of benzene rings is 1. The number of aliphatic imine (C=N–C) groups is 1. The van der Waals surface area contributed by atoms with E-state index in [9.17, 15) is 9.18 Å². The van der Waals surface area contributed by atoms with E-state index in [0.29, 0.717) is 5.69 Å². The SMILES string of the molecule is C[C@@H](SC1=NCCN1)C(=O)Nc1ccc(F)cc1. The molecule has 0 aliphatic carbocycles. The average molecular weight is 267 g/mol. The molecule has 0 fully saturated rings. The van der Waals surface area contributed by atoms with Crippen LogP contribution < -0.4 is 10.6 Å². The van der Waals surface area contributed by atoms with Crippen molar-refractivity contribution in [3.8, 4) is 0 Å². The van der Waals surface area contributed by atoms with Gasteiger partial charge in [-0.3, -0.25) is 9.79 Å². The molecular weight excluding hydrogens is 253 g/mol. The fourth-order valence-corrected chi connectivity index (χ4v) is 2.31. The molecule has 0 saturated heterocycles. The molecule has 1 aromatic rings. The highest BCUT2D eigenvalue weighted by atomic mass is 32.2.